The summed E-state index contributed by atoms with van der Waals surface area (Å²) >= 11 is 0. The number of hydrogen-bond donors (Lipinski definition) is 1. The number of halogens is 3. The van der Waals surface area contributed by atoms with Gasteiger partial charge in [0.2, 0.25) is 5.88 Å². The highest BCUT2D eigenvalue weighted by atomic mass is 19.3. The van der Waals surface area contributed by atoms with E-state index in [0.29, 0.717) is 22.6 Å². The molecule has 2 aromatic heterocycles. The Bertz CT molecular complexity index is 936. The Labute approximate surface area is 153 Å². The first-order valence-electron chi connectivity index (χ1n) is 7.81. The molecular weight excluding hydrogens is 361 g/mol. The summed E-state index contributed by atoms with van der Waals surface area (Å²) in [7, 11) is 1.44. The quantitative estimate of drug-likeness (QED) is 0.690. The maximum atomic E-state index is 13.9. The van der Waals surface area contributed by atoms with Gasteiger partial charge in [-0.1, -0.05) is 12.1 Å². The molecule has 140 valence electrons. The van der Waals surface area contributed by atoms with Crippen LogP contribution < -0.4 is 14.8 Å². The number of benzene rings is 1. The first-order valence-corrected chi connectivity index (χ1v) is 7.81. The van der Waals surface area contributed by atoms with Crippen molar-refractivity contribution in [3.63, 3.8) is 0 Å². The van der Waals surface area contributed by atoms with Gasteiger partial charge in [0, 0.05) is 11.8 Å². The number of aryl methyl sites for hydroxylation is 1. The van der Waals surface area contributed by atoms with Gasteiger partial charge in [-0.05, 0) is 30.7 Å². The van der Waals surface area contributed by atoms with Gasteiger partial charge in [0.25, 0.3) is 0 Å². The largest absolute Gasteiger partial charge is 0.480 e. The van der Waals surface area contributed by atoms with Gasteiger partial charge in [0.15, 0.2) is 11.6 Å². The van der Waals surface area contributed by atoms with Crippen molar-refractivity contribution in [3.8, 4) is 22.8 Å². The molecule has 0 amide bonds. The Morgan fingerprint density at radius 1 is 1.04 bits per heavy atom. The molecule has 0 aliphatic rings. The zero-order valence-electron chi connectivity index (χ0n) is 14.4. The Balaban J connectivity index is 1.92. The lowest BCUT2D eigenvalue weighted by Crippen LogP contribution is -2.03. The van der Waals surface area contributed by atoms with Crippen LogP contribution in [-0.2, 0) is 0 Å². The topological polar surface area (TPSA) is 69.2 Å². The summed E-state index contributed by atoms with van der Waals surface area (Å²) < 4.78 is 48.0. The van der Waals surface area contributed by atoms with Gasteiger partial charge >= 0.3 is 6.61 Å². The lowest BCUT2D eigenvalue weighted by Gasteiger charge is -2.12. The van der Waals surface area contributed by atoms with Crippen LogP contribution in [-0.4, -0.2) is 28.7 Å². The van der Waals surface area contributed by atoms with E-state index in [1.54, 1.807) is 31.3 Å². The van der Waals surface area contributed by atoms with Crippen LogP contribution in [0, 0.1) is 12.7 Å². The van der Waals surface area contributed by atoms with Crippen LogP contribution >= 0.6 is 0 Å². The molecule has 0 aliphatic heterocycles. The molecule has 0 radical (unpaired) electrons. The molecular formula is C18H15F3N4O2. The van der Waals surface area contributed by atoms with Crippen molar-refractivity contribution in [3.05, 3.63) is 54.4 Å². The lowest BCUT2D eigenvalue weighted by atomic mass is 10.1. The fourth-order valence-corrected chi connectivity index (χ4v) is 2.36. The zero-order valence-corrected chi connectivity index (χ0v) is 14.4. The maximum Gasteiger partial charge on any atom is 0.387 e. The lowest BCUT2D eigenvalue weighted by molar-refractivity contribution is -0.0498. The molecule has 0 saturated heterocycles. The Hall–Kier alpha value is -3.36. The van der Waals surface area contributed by atoms with Crippen molar-refractivity contribution < 1.29 is 22.6 Å². The van der Waals surface area contributed by atoms with Gasteiger partial charge in [-0.15, -0.1) is 0 Å². The molecule has 3 aromatic rings. The summed E-state index contributed by atoms with van der Waals surface area (Å²) in [6, 6.07) is 7.76. The van der Waals surface area contributed by atoms with E-state index < -0.39 is 12.4 Å². The number of rotatable bonds is 6. The van der Waals surface area contributed by atoms with Crippen LogP contribution in [0.25, 0.3) is 11.1 Å². The molecule has 1 N–H and O–H groups in total. The first-order chi connectivity index (χ1) is 13.0. The number of methoxy groups -OCH3 is 1. The fraction of sp³-hybridized carbons (Fsp3) is 0.167. The van der Waals surface area contributed by atoms with Crippen molar-refractivity contribution in [1.29, 1.82) is 0 Å². The van der Waals surface area contributed by atoms with Gasteiger partial charge in [-0.3, -0.25) is 0 Å². The standard InChI is InChI=1S/C18H15F3N4O2/c1-10-22-9-14(19)16(24-10)25-15-7-12(8-23-17(15)26-2)11-3-5-13(6-4-11)27-18(20)21/h3-9,18H,1-2H3,(H,22,24,25). The number of hydrogen-bond acceptors (Lipinski definition) is 6. The molecule has 2 heterocycles. The molecule has 9 heteroatoms. The number of nitrogens with zero attached hydrogens (tertiary/aromatic N) is 3. The maximum absolute atomic E-state index is 13.9. The summed E-state index contributed by atoms with van der Waals surface area (Å²) in [6.07, 6.45) is 2.62. The van der Waals surface area contributed by atoms with E-state index in [0.717, 1.165) is 6.20 Å². The molecule has 0 fully saturated rings. The second-order valence-corrected chi connectivity index (χ2v) is 5.42. The molecule has 0 spiro atoms. The summed E-state index contributed by atoms with van der Waals surface area (Å²) in [5.74, 6) is 0.0535. The third-order valence-corrected chi connectivity index (χ3v) is 3.57. The van der Waals surface area contributed by atoms with E-state index in [4.69, 9.17) is 4.74 Å². The normalized spacial score (nSPS) is 10.7. The second kappa shape index (κ2) is 7.90. The first kappa shape index (κ1) is 18.4. The van der Waals surface area contributed by atoms with Crippen LogP contribution in [0.4, 0.5) is 24.7 Å². The Morgan fingerprint density at radius 2 is 1.78 bits per heavy atom. The highest BCUT2D eigenvalue weighted by molar-refractivity contribution is 5.72. The number of aromatic nitrogens is 3. The van der Waals surface area contributed by atoms with E-state index >= 15 is 0 Å². The van der Waals surface area contributed by atoms with Crippen LogP contribution in [0.15, 0.2) is 42.7 Å². The highest BCUT2D eigenvalue weighted by Crippen LogP contribution is 2.31. The number of alkyl halides is 2. The van der Waals surface area contributed by atoms with Gasteiger partial charge in [0.05, 0.1) is 13.3 Å². The van der Waals surface area contributed by atoms with E-state index in [-0.39, 0.29) is 17.4 Å². The van der Waals surface area contributed by atoms with E-state index in [9.17, 15) is 13.2 Å². The number of ether oxygens (including phenoxy) is 2. The van der Waals surface area contributed by atoms with Crippen molar-refractivity contribution in [2.45, 2.75) is 13.5 Å². The molecule has 1 aromatic carbocycles. The Morgan fingerprint density at radius 3 is 2.44 bits per heavy atom. The average molecular weight is 376 g/mol. The molecule has 6 nitrogen and oxygen atoms in total. The van der Waals surface area contributed by atoms with Crippen molar-refractivity contribution >= 4 is 11.5 Å². The number of pyridine rings is 1. The van der Waals surface area contributed by atoms with Crippen LogP contribution in [0.1, 0.15) is 5.82 Å². The van der Waals surface area contributed by atoms with Crippen LogP contribution in [0.5, 0.6) is 11.6 Å². The van der Waals surface area contributed by atoms with Crippen LogP contribution in [0.2, 0.25) is 0 Å². The van der Waals surface area contributed by atoms with Crippen LogP contribution in [0.3, 0.4) is 0 Å². The predicted octanol–water partition coefficient (Wildman–Crippen LogP) is 4.34. The predicted molar refractivity (Wildman–Crippen MR) is 92.9 cm³/mol. The average Bonchev–Trinajstić information content (AvgIpc) is 2.65. The molecule has 27 heavy (non-hydrogen) atoms. The number of nitrogens with one attached hydrogen (secondary N) is 1. The summed E-state index contributed by atoms with van der Waals surface area (Å²) in [6.45, 7) is -1.25. The van der Waals surface area contributed by atoms with Crippen molar-refractivity contribution in [2.75, 3.05) is 12.4 Å². The fourth-order valence-electron chi connectivity index (χ4n) is 2.36. The summed E-state index contributed by atoms with van der Waals surface area (Å²) in [5.41, 5.74) is 1.75. The summed E-state index contributed by atoms with van der Waals surface area (Å²) in [5, 5.41) is 2.84. The summed E-state index contributed by atoms with van der Waals surface area (Å²) in [4.78, 5) is 12.0. The molecule has 0 saturated carbocycles. The van der Waals surface area contributed by atoms with Gasteiger partial charge < -0.3 is 14.8 Å². The van der Waals surface area contributed by atoms with Crippen molar-refractivity contribution in [1.82, 2.24) is 15.0 Å². The molecule has 0 bridgehead atoms. The SMILES string of the molecule is COc1ncc(-c2ccc(OC(F)F)cc2)cc1Nc1nc(C)ncc1F. The minimum atomic E-state index is -2.89. The minimum Gasteiger partial charge on any atom is -0.480 e. The van der Waals surface area contributed by atoms with Gasteiger partial charge in [-0.25, -0.2) is 19.3 Å². The molecule has 0 aliphatic carbocycles. The highest BCUT2D eigenvalue weighted by Gasteiger charge is 2.12. The zero-order chi connectivity index (χ0) is 19.4. The number of anilines is 2. The third-order valence-electron chi connectivity index (χ3n) is 3.57. The van der Waals surface area contributed by atoms with E-state index in [1.807, 2.05) is 0 Å². The molecule has 3 rings (SSSR count). The molecule has 0 unspecified atom stereocenters. The third kappa shape index (κ3) is 4.43. The minimum absolute atomic E-state index is 0.0135. The van der Waals surface area contributed by atoms with Gasteiger partial charge in [0.1, 0.15) is 17.3 Å². The molecule has 0 atom stereocenters. The monoisotopic (exact) mass is 376 g/mol. The second-order valence-electron chi connectivity index (χ2n) is 5.42. The van der Waals surface area contributed by atoms with Crippen molar-refractivity contribution in [2.24, 2.45) is 0 Å². The Kier molecular flexibility index (Phi) is 5.39. The van der Waals surface area contributed by atoms with E-state index in [2.05, 4.69) is 25.0 Å². The van der Waals surface area contributed by atoms with E-state index in [1.165, 1.54) is 19.2 Å². The smallest absolute Gasteiger partial charge is 0.387 e. The van der Waals surface area contributed by atoms with Gasteiger partial charge in [-0.2, -0.15) is 8.78 Å².